The predicted molar refractivity (Wildman–Crippen MR) is 67.3 cm³/mol. The highest BCUT2D eigenvalue weighted by Crippen LogP contribution is 2.30. The van der Waals surface area contributed by atoms with E-state index in [1.807, 2.05) is 0 Å². The highest BCUT2D eigenvalue weighted by Gasteiger charge is 2.34. The van der Waals surface area contributed by atoms with E-state index in [4.69, 9.17) is 0 Å². The van der Waals surface area contributed by atoms with Crippen LogP contribution in [0.4, 0.5) is 5.69 Å². The summed E-state index contributed by atoms with van der Waals surface area (Å²) in [6.07, 6.45) is 3.09. The molecule has 0 unspecified atom stereocenters. The minimum absolute atomic E-state index is 0.215. The Morgan fingerprint density at radius 3 is 2.50 bits per heavy atom. The van der Waals surface area contributed by atoms with Crippen LogP contribution in [0.3, 0.4) is 0 Å². The molecule has 2 amide bonds. The van der Waals surface area contributed by atoms with Gasteiger partial charge in [0.15, 0.2) is 0 Å². The van der Waals surface area contributed by atoms with Gasteiger partial charge in [-0.2, -0.15) is 0 Å². The van der Waals surface area contributed by atoms with Crippen LogP contribution in [-0.2, 0) is 4.79 Å². The lowest BCUT2D eigenvalue weighted by atomic mass is 9.80. The second kappa shape index (κ2) is 5.18. The SMILES string of the molecule is O=CNc1ccc(C(=O)NCC2(O)CCC2)cc1. The fraction of sp³-hybridized carbons (Fsp3) is 0.385. The van der Waals surface area contributed by atoms with Gasteiger partial charge in [0.2, 0.25) is 6.41 Å². The molecule has 3 N–H and O–H groups in total. The molecule has 0 heterocycles. The van der Waals surface area contributed by atoms with Crippen LogP contribution in [-0.4, -0.2) is 29.6 Å². The Morgan fingerprint density at radius 2 is 2.00 bits per heavy atom. The number of benzene rings is 1. The van der Waals surface area contributed by atoms with Gasteiger partial charge in [-0.3, -0.25) is 9.59 Å². The molecule has 0 saturated heterocycles. The lowest BCUT2D eigenvalue weighted by molar-refractivity contribution is -0.105. The van der Waals surface area contributed by atoms with Gasteiger partial charge in [0.1, 0.15) is 0 Å². The van der Waals surface area contributed by atoms with E-state index in [1.54, 1.807) is 24.3 Å². The molecule has 0 aromatic heterocycles. The number of hydrogen-bond acceptors (Lipinski definition) is 3. The second-order valence-corrected chi connectivity index (χ2v) is 4.60. The zero-order valence-electron chi connectivity index (χ0n) is 9.98. The summed E-state index contributed by atoms with van der Waals surface area (Å²) in [6.45, 7) is 0.292. The third kappa shape index (κ3) is 2.87. The van der Waals surface area contributed by atoms with Gasteiger partial charge in [0.25, 0.3) is 5.91 Å². The van der Waals surface area contributed by atoms with Crippen LogP contribution in [0.5, 0.6) is 0 Å². The molecule has 1 fully saturated rings. The number of aliphatic hydroxyl groups is 1. The van der Waals surface area contributed by atoms with Crippen molar-refractivity contribution in [3.8, 4) is 0 Å². The van der Waals surface area contributed by atoms with Crippen LogP contribution in [0.25, 0.3) is 0 Å². The van der Waals surface area contributed by atoms with Crippen molar-refractivity contribution in [2.75, 3.05) is 11.9 Å². The first-order chi connectivity index (χ1) is 8.63. The Balaban J connectivity index is 1.89. The maximum atomic E-state index is 11.8. The third-order valence-corrected chi connectivity index (χ3v) is 3.23. The molecule has 96 valence electrons. The van der Waals surface area contributed by atoms with Crippen molar-refractivity contribution >= 4 is 18.0 Å². The minimum atomic E-state index is -0.714. The Morgan fingerprint density at radius 1 is 1.33 bits per heavy atom. The molecule has 0 bridgehead atoms. The first-order valence-corrected chi connectivity index (χ1v) is 5.94. The van der Waals surface area contributed by atoms with E-state index in [-0.39, 0.29) is 5.91 Å². The predicted octanol–water partition coefficient (Wildman–Crippen LogP) is 0.900. The number of rotatable bonds is 5. The number of carbonyl (C=O) groups excluding carboxylic acids is 2. The van der Waals surface area contributed by atoms with E-state index in [0.29, 0.717) is 24.2 Å². The van der Waals surface area contributed by atoms with Crippen molar-refractivity contribution in [2.24, 2.45) is 0 Å². The lowest BCUT2D eigenvalue weighted by Gasteiger charge is -2.36. The number of amides is 2. The Hall–Kier alpha value is -1.88. The summed E-state index contributed by atoms with van der Waals surface area (Å²) < 4.78 is 0. The molecule has 0 radical (unpaired) electrons. The van der Waals surface area contributed by atoms with Gasteiger partial charge in [0, 0.05) is 17.8 Å². The molecule has 2 rings (SSSR count). The van der Waals surface area contributed by atoms with Crippen molar-refractivity contribution in [1.82, 2.24) is 5.32 Å². The molecule has 1 aliphatic rings. The molecule has 1 saturated carbocycles. The van der Waals surface area contributed by atoms with Gasteiger partial charge in [-0.05, 0) is 43.5 Å². The van der Waals surface area contributed by atoms with Gasteiger partial charge >= 0.3 is 0 Å². The molecule has 1 aromatic rings. The highest BCUT2D eigenvalue weighted by atomic mass is 16.3. The summed E-state index contributed by atoms with van der Waals surface area (Å²) in [6, 6.07) is 6.57. The summed E-state index contributed by atoms with van der Waals surface area (Å²) in [4.78, 5) is 22.0. The zero-order chi connectivity index (χ0) is 13.0. The van der Waals surface area contributed by atoms with Crippen LogP contribution < -0.4 is 10.6 Å². The average molecular weight is 248 g/mol. The Kier molecular flexibility index (Phi) is 3.62. The van der Waals surface area contributed by atoms with Gasteiger partial charge in [-0.1, -0.05) is 0 Å². The highest BCUT2D eigenvalue weighted by molar-refractivity contribution is 5.94. The number of nitrogens with one attached hydrogen (secondary N) is 2. The third-order valence-electron chi connectivity index (χ3n) is 3.23. The van der Waals surface area contributed by atoms with E-state index >= 15 is 0 Å². The zero-order valence-corrected chi connectivity index (χ0v) is 9.98. The molecule has 5 heteroatoms. The maximum absolute atomic E-state index is 11.8. The molecular formula is C13H16N2O3. The summed E-state index contributed by atoms with van der Waals surface area (Å²) in [5.41, 5.74) is 0.433. The first-order valence-electron chi connectivity index (χ1n) is 5.94. The van der Waals surface area contributed by atoms with Crippen molar-refractivity contribution in [3.63, 3.8) is 0 Å². The van der Waals surface area contributed by atoms with Gasteiger partial charge < -0.3 is 15.7 Å². The summed E-state index contributed by atoms with van der Waals surface area (Å²) >= 11 is 0. The van der Waals surface area contributed by atoms with E-state index in [0.717, 1.165) is 19.3 Å². The van der Waals surface area contributed by atoms with Crippen molar-refractivity contribution in [1.29, 1.82) is 0 Å². The molecule has 0 atom stereocenters. The van der Waals surface area contributed by atoms with E-state index < -0.39 is 5.60 Å². The van der Waals surface area contributed by atoms with Crippen molar-refractivity contribution < 1.29 is 14.7 Å². The smallest absolute Gasteiger partial charge is 0.251 e. The van der Waals surface area contributed by atoms with Crippen molar-refractivity contribution in [2.45, 2.75) is 24.9 Å². The van der Waals surface area contributed by atoms with Crippen LogP contribution in [0.2, 0.25) is 0 Å². The standard InChI is InChI=1S/C13H16N2O3/c16-9-15-11-4-2-10(3-5-11)12(17)14-8-13(18)6-1-7-13/h2-5,9,18H,1,6-8H2,(H,14,17)(H,15,16). The fourth-order valence-corrected chi connectivity index (χ4v) is 1.89. The molecule has 18 heavy (non-hydrogen) atoms. The molecular weight excluding hydrogens is 232 g/mol. The Bertz CT molecular complexity index is 438. The molecule has 5 nitrogen and oxygen atoms in total. The lowest BCUT2D eigenvalue weighted by Crippen LogP contribution is -2.47. The van der Waals surface area contributed by atoms with Gasteiger partial charge in [-0.15, -0.1) is 0 Å². The number of hydrogen-bond donors (Lipinski definition) is 3. The van der Waals surface area contributed by atoms with Crippen molar-refractivity contribution in [3.05, 3.63) is 29.8 Å². The summed E-state index contributed by atoms with van der Waals surface area (Å²) in [5, 5.41) is 15.1. The van der Waals surface area contributed by atoms with Crippen LogP contribution in [0, 0.1) is 0 Å². The van der Waals surface area contributed by atoms with Crippen LogP contribution in [0.1, 0.15) is 29.6 Å². The quantitative estimate of drug-likeness (QED) is 0.677. The Labute approximate surface area is 105 Å². The van der Waals surface area contributed by atoms with Gasteiger partial charge in [-0.25, -0.2) is 0 Å². The maximum Gasteiger partial charge on any atom is 0.251 e. The number of anilines is 1. The van der Waals surface area contributed by atoms with E-state index in [2.05, 4.69) is 10.6 Å². The van der Waals surface area contributed by atoms with Crippen LogP contribution in [0.15, 0.2) is 24.3 Å². The molecule has 0 aliphatic heterocycles. The molecule has 0 spiro atoms. The molecule has 1 aromatic carbocycles. The van der Waals surface area contributed by atoms with E-state index in [9.17, 15) is 14.7 Å². The minimum Gasteiger partial charge on any atom is -0.388 e. The van der Waals surface area contributed by atoms with Crippen LogP contribution >= 0.6 is 0 Å². The second-order valence-electron chi connectivity index (χ2n) is 4.60. The largest absolute Gasteiger partial charge is 0.388 e. The normalized spacial score (nSPS) is 16.5. The monoisotopic (exact) mass is 248 g/mol. The first kappa shape index (κ1) is 12.6. The number of carbonyl (C=O) groups is 2. The van der Waals surface area contributed by atoms with Gasteiger partial charge in [0.05, 0.1) is 5.60 Å². The topological polar surface area (TPSA) is 78.4 Å². The molecule has 1 aliphatic carbocycles. The summed E-state index contributed by atoms with van der Waals surface area (Å²) in [7, 11) is 0. The fourth-order valence-electron chi connectivity index (χ4n) is 1.89. The van der Waals surface area contributed by atoms with E-state index in [1.165, 1.54) is 0 Å². The summed E-state index contributed by atoms with van der Waals surface area (Å²) in [5.74, 6) is -0.215. The average Bonchev–Trinajstić information content (AvgIpc) is 2.35.